The van der Waals surface area contributed by atoms with Gasteiger partial charge >= 0.3 is 5.97 Å². The maximum absolute atomic E-state index is 11.1. The van der Waals surface area contributed by atoms with Gasteiger partial charge in [-0.2, -0.15) is 0 Å². The van der Waals surface area contributed by atoms with E-state index in [1.807, 2.05) is 24.3 Å². The number of thioether (sulfide) groups is 1. The summed E-state index contributed by atoms with van der Waals surface area (Å²) in [6, 6.07) is 7.56. The van der Waals surface area contributed by atoms with E-state index < -0.39 is 5.97 Å². The third kappa shape index (κ3) is 1.91. The van der Waals surface area contributed by atoms with Crippen LogP contribution in [0, 0.1) is 0 Å². The van der Waals surface area contributed by atoms with Crippen LogP contribution < -0.4 is 5.73 Å². The van der Waals surface area contributed by atoms with E-state index in [-0.39, 0.29) is 5.69 Å². The molecule has 0 spiro atoms. The van der Waals surface area contributed by atoms with E-state index in [2.05, 4.69) is 4.98 Å². The quantitative estimate of drug-likeness (QED) is 0.708. The lowest BCUT2D eigenvalue weighted by atomic mass is 10.2. The van der Waals surface area contributed by atoms with E-state index in [1.54, 1.807) is 0 Å². The highest BCUT2D eigenvalue weighted by atomic mass is 32.2. The summed E-state index contributed by atoms with van der Waals surface area (Å²) in [5.74, 6) is -0.224. The molecule has 1 heterocycles. The smallest absolute Gasteiger partial charge is 0.353 e. The number of aromatic carboxylic acids is 1. The van der Waals surface area contributed by atoms with Crippen LogP contribution >= 0.6 is 11.8 Å². The van der Waals surface area contributed by atoms with Gasteiger partial charge in [-0.05, 0) is 6.07 Å². The molecule has 0 fully saturated rings. The molecule has 2 rings (SSSR count). The zero-order valence-corrected chi connectivity index (χ0v) is 9.38. The van der Waals surface area contributed by atoms with Gasteiger partial charge in [0.1, 0.15) is 5.69 Å². The zero-order valence-electron chi connectivity index (χ0n) is 8.56. The average Bonchev–Trinajstić information content (AvgIpc) is 2.65. The summed E-state index contributed by atoms with van der Waals surface area (Å²) in [5.41, 5.74) is 6.53. The highest BCUT2D eigenvalue weighted by Crippen LogP contribution is 2.31. The Morgan fingerprint density at radius 3 is 2.88 bits per heavy atom. The Morgan fingerprint density at radius 2 is 2.19 bits per heavy atom. The van der Waals surface area contributed by atoms with Crippen molar-refractivity contribution >= 4 is 28.6 Å². The monoisotopic (exact) mass is 236 g/mol. The molecule has 0 aliphatic carbocycles. The second kappa shape index (κ2) is 4.59. The number of hydrogen-bond acceptors (Lipinski definition) is 3. The van der Waals surface area contributed by atoms with Gasteiger partial charge in [0.05, 0.1) is 0 Å². The van der Waals surface area contributed by atoms with Crippen LogP contribution in [0.15, 0.2) is 29.2 Å². The Balaban J connectivity index is 2.55. The Bertz CT molecular complexity index is 522. The SMILES string of the molecule is NCCSc1c(C(=O)O)[nH]c2ccccc12. The van der Waals surface area contributed by atoms with E-state index in [0.717, 1.165) is 15.8 Å². The van der Waals surface area contributed by atoms with E-state index in [4.69, 9.17) is 10.8 Å². The molecule has 1 aromatic heterocycles. The predicted molar refractivity (Wildman–Crippen MR) is 65.0 cm³/mol. The van der Waals surface area contributed by atoms with E-state index in [9.17, 15) is 4.79 Å². The number of aromatic amines is 1. The van der Waals surface area contributed by atoms with Crippen molar-refractivity contribution in [3.8, 4) is 0 Å². The van der Waals surface area contributed by atoms with Crippen LogP contribution in [0.5, 0.6) is 0 Å². The van der Waals surface area contributed by atoms with E-state index in [0.29, 0.717) is 12.3 Å². The molecule has 0 unspecified atom stereocenters. The van der Waals surface area contributed by atoms with Gasteiger partial charge in [-0.3, -0.25) is 0 Å². The molecule has 1 aromatic carbocycles. The minimum atomic E-state index is -0.935. The largest absolute Gasteiger partial charge is 0.477 e. The maximum Gasteiger partial charge on any atom is 0.353 e. The molecule has 5 heteroatoms. The first-order valence-corrected chi connectivity index (χ1v) is 5.89. The Hall–Kier alpha value is -1.46. The van der Waals surface area contributed by atoms with Gasteiger partial charge in [0.15, 0.2) is 0 Å². The van der Waals surface area contributed by atoms with Crippen LogP contribution in [-0.4, -0.2) is 28.4 Å². The van der Waals surface area contributed by atoms with Gasteiger partial charge in [-0.15, -0.1) is 11.8 Å². The number of aromatic nitrogens is 1. The first-order chi connectivity index (χ1) is 7.74. The molecule has 0 amide bonds. The molecule has 0 saturated carbocycles. The van der Waals surface area contributed by atoms with Crippen molar-refractivity contribution in [2.45, 2.75) is 4.90 Å². The highest BCUT2D eigenvalue weighted by molar-refractivity contribution is 7.99. The third-order valence-electron chi connectivity index (χ3n) is 2.24. The van der Waals surface area contributed by atoms with Gasteiger partial charge in [-0.1, -0.05) is 18.2 Å². The Labute approximate surface area is 96.8 Å². The molecule has 0 bridgehead atoms. The van der Waals surface area contributed by atoms with Crippen molar-refractivity contribution in [3.05, 3.63) is 30.0 Å². The third-order valence-corrected chi connectivity index (χ3v) is 3.39. The van der Waals surface area contributed by atoms with Crippen molar-refractivity contribution in [1.82, 2.24) is 4.98 Å². The molecule has 0 atom stereocenters. The van der Waals surface area contributed by atoms with Crippen molar-refractivity contribution in [1.29, 1.82) is 0 Å². The number of hydrogen-bond donors (Lipinski definition) is 3. The number of benzene rings is 1. The lowest BCUT2D eigenvalue weighted by Crippen LogP contribution is -2.03. The van der Waals surface area contributed by atoms with Crippen molar-refractivity contribution in [3.63, 3.8) is 0 Å². The first kappa shape index (κ1) is 11.0. The molecule has 2 aromatic rings. The van der Waals surface area contributed by atoms with Gasteiger partial charge in [0, 0.05) is 28.1 Å². The van der Waals surface area contributed by atoms with Gasteiger partial charge in [-0.25, -0.2) is 4.79 Å². The number of rotatable bonds is 4. The number of carbonyl (C=O) groups is 1. The summed E-state index contributed by atoms with van der Waals surface area (Å²) in [4.78, 5) is 14.8. The molecule has 0 aliphatic rings. The predicted octanol–water partition coefficient (Wildman–Crippen LogP) is 1.92. The van der Waals surface area contributed by atoms with E-state index in [1.165, 1.54) is 11.8 Å². The molecular formula is C11H12N2O2S. The van der Waals surface area contributed by atoms with Crippen molar-refractivity contribution < 1.29 is 9.90 Å². The number of nitrogens with one attached hydrogen (secondary N) is 1. The molecule has 0 radical (unpaired) electrons. The topological polar surface area (TPSA) is 79.1 Å². The van der Waals surface area contributed by atoms with Crippen molar-refractivity contribution in [2.24, 2.45) is 5.73 Å². The maximum atomic E-state index is 11.1. The molecule has 0 saturated heterocycles. The van der Waals surface area contributed by atoms with Crippen LogP contribution in [0.1, 0.15) is 10.5 Å². The molecule has 4 nitrogen and oxygen atoms in total. The molecule has 4 N–H and O–H groups in total. The summed E-state index contributed by atoms with van der Waals surface area (Å²) in [5, 5.41) is 10.0. The van der Waals surface area contributed by atoms with Crippen LogP contribution in [0.3, 0.4) is 0 Å². The summed E-state index contributed by atoms with van der Waals surface area (Å²) < 4.78 is 0. The van der Waals surface area contributed by atoms with E-state index >= 15 is 0 Å². The highest BCUT2D eigenvalue weighted by Gasteiger charge is 2.16. The summed E-state index contributed by atoms with van der Waals surface area (Å²) in [6.45, 7) is 0.531. The first-order valence-electron chi connectivity index (χ1n) is 4.91. The summed E-state index contributed by atoms with van der Waals surface area (Å²) >= 11 is 1.47. The Morgan fingerprint density at radius 1 is 1.44 bits per heavy atom. The molecule has 84 valence electrons. The normalized spacial score (nSPS) is 10.8. The second-order valence-electron chi connectivity index (χ2n) is 3.32. The number of carboxylic acids is 1. The van der Waals surface area contributed by atoms with Gasteiger partial charge in [0.25, 0.3) is 0 Å². The van der Waals surface area contributed by atoms with Crippen molar-refractivity contribution in [2.75, 3.05) is 12.3 Å². The lowest BCUT2D eigenvalue weighted by molar-refractivity contribution is 0.0688. The molecule has 16 heavy (non-hydrogen) atoms. The fourth-order valence-corrected chi connectivity index (χ4v) is 2.52. The van der Waals surface area contributed by atoms with Gasteiger partial charge in [0.2, 0.25) is 0 Å². The zero-order chi connectivity index (χ0) is 11.5. The molecular weight excluding hydrogens is 224 g/mol. The fourth-order valence-electron chi connectivity index (χ4n) is 1.58. The minimum absolute atomic E-state index is 0.250. The minimum Gasteiger partial charge on any atom is -0.477 e. The number of para-hydroxylation sites is 1. The lowest BCUT2D eigenvalue weighted by Gasteiger charge is -1.99. The Kier molecular flexibility index (Phi) is 3.17. The number of nitrogens with two attached hydrogens (primary N) is 1. The summed E-state index contributed by atoms with van der Waals surface area (Å²) in [6.07, 6.45) is 0. The number of fused-ring (bicyclic) bond motifs is 1. The summed E-state index contributed by atoms with van der Waals surface area (Å²) in [7, 11) is 0. The van der Waals surface area contributed by atoms with Crippen LogP contribution in [0.2, 0.25) is 0 Å². The number of H-pyrrole nitrogens is 1. The van der Waals surface area contributed by atoms with Crippen LogP contribution in [-0.2, 0) is 0 Å². The van der Waals surface area contributed by atoms with Crippen LogP contribution in [0.25, 0.3) is 10.9 Å². The fraction of sp³-hybridized carbons (Fsp3) is 0.182. The average molecular weight is 236 g/mol. The second-order valence-corrected chi connectivity index (χ2v) is 4.42. The van der Waals surface area contributed by atoms with Gasteiger partial charge < -0.3 is 15.8 Å². The number of carboxylic acid groups (broad SMARTS) is 1. The molecule has 0 aliphatic heterocycles. The van der Waals surface area contributed by atoms with Crippen LogP contribution in [0.4, 0.5) is 0 Å². The standard InChI is InChI=1S/C11H12N2O2S/c12-5-6-16-10-7-3-1-2-4-8(7)13-9(10)11(14)15/h1-4,13H,5-6,12H2,(H,14,15).